The first-order valence-corrected chi connectivity index (χ1v) is 5.43. The van der Waals surface area contributed by atoms with Crippen LogP contribution < -0.4 is 5.73 Å². The van der Waals surface area contributed by atoms with Crippen molar-refractivity contribution >= 4 is 5.69 Å². The minimum Gasteiger partial charge on any atom is -0.398 e. The van der Waals surface area contributed by atoms with E-state index in [0.29, 0.717) is 0 Å². The van der Waals surface area contributed by atoms with Gasteiger partial charge in [-0.2, -0.15) is 0 Å². The fraction of sp³-hybridized carbons (Fsp3) is 0.500. The molecule has 0 saturated carbocycles. The summed E-state index contributed by atoms with van der Waals surface area (Å²) < 4.78 is 0. The van der Waals surface area contributed by atoms with E-state index < -0.39 is 0 Å². The van der Waals surface area contributed by atoms with E-state index in [9.17, 15) is 5.11 Å². The number of benzene rings is 1. The van der Waals surface area contributed by atoms with Crippen molar-refractivity contribution in [3.8, 4) is 0 Å². The molecule has 1 aromatic rings. The van der Waals surface area contributed by atoms with Crippen molar-refractivity contribution in [2.24, 2.45) is 0 Å². The largest absolute Gasteiger partial charge is 0.398 e. The molecule has 0 spiro atoms. The van der Waals surface area contributed by atoms with E-state index in [2.05, 4.69) is 11.0 Å². The Morgan fingerprint density at radius 1 is 1.53 bits per heavy atom. The van der Waals surface area contributed by atoms with Crippen LogP contribution >= 0.6 is 0 Å². The zero-order valence-electron chi connectivity index (χ0n) is 9.11. The van der Waals surface area contributed by atoms with Gasteiger partial charge in [-0.3, -0.25) is 4.90 Å². The lowest BCUT2D eigenvalue weighted by molar-refractivity contribution is 0.119. The number of nitrogens with two attached hydrogens (primary N) is 1. The predicted octanol–water partition coefficient (Wildman–Crippen LogP) is 1.01. The number of hydrogen-bond acceptors (Lipinski definition) is 3. The Bertz CT molecular complexity index is 349. The minimum atomic E-state index is -0.257. The standard InChI is InChI=1S/C12H18N2O/c1-9(15)7-14-6-5-11-10(8-14)3-2-4-12(11)13/h2-4,9,15H,5-8,13H2,1H3/t9-/m0/s1. The molecule has 0 aromatic heterocycles. The molecule has 82 valence electrons. The van der Waals surface area contributed by atoms with Crippen molar-refractivity contribution in [2.75, 3.05) is 18.8 Å². The predicted molar refractivity (Wildman–Crippen MR) is 61.5 cm³/mol. The average molecular weight is 206 g/mol. The van der Waals surface area contributed by atoms with Gasteiger partial charge in [0.05, 0.1) is 6.10 Å². The lowest BCUT2D eigenvalue weighted by atomic mass is 9.98. The third-order valence-corrected chi connectivity index (χ3v) is 2.90. The van der Waals surface area contributed by atoms with Crippen LogP contribution in [0.5, 0.6) is 0 Å². The van der Waals surface area contributed by atoms with Gasteiger partial charge in [-0.25, -0.2) is 0 Å². The first-order chi connectivity index (χ1) is 7.16. The van der Waals surface area contributed by atoms with Crippen LogP contribution in [0.1, 0.15) is 18.1 Å². The van der Waals surface area contributed by atoms with Gasteiger partial charge >= 0.3 is 0 Å². The highest BCUT2D eigenvalue weighted by atomic mass is 16.3. The Labute approximate surface area is 90.5 Å². The number of β-amino-alcohol motifs (C(OH)–C–C–N with tert-alkyl or cyclic N) is 1. The van der Waals surface area contributed by atoms with Crippen molar-refractivity contribution in [2.45, 2.75) is 26.0 Å². The van der Waals surface area contributed by atoms with Crippen LogP contribution in [0, 0.1) is 0 Å². The molecule has 0 radical (unpaired) electrons. The van der Waals surface area contributed by atoms with Crippen LogP contribution in [0.4, 0.5) is 5.69 Å². The minimum absolute atomic E-state index is 0.257. The molecule has 1 aliphatic heterocycles. The molecule has 3 heteroatoms. The van der Waals surface area contributed by atoms with Gasteiger partial charge < -0.3 is 10.8 Å². The smallest absolute Gasteiger partial charge is 0.0639 e. The number of nitrogen functional groups attached to an aromatic ring is 1. The van der Waals surface area contributed by atoms with Crippen molar-refractivity contribution in [1.29, 1.82) is 0 Å². The second-order valence-electron chi connectivity index (χ2n) is 4.32. The summed E-state index contributed by atoms with van der Waals surface area (Å²) in [6.07, 6.45) is 0.738. The molecule has 0 fully saturated rings. The van der Waals surface area contributed by atoms with Gasteiger partial charge in [0.25, 0.3) is 0 Å². The molecule has 1 aliphatic rings. The van der Waals surface area contributed by atoms with E-state index in [1.165, 1.54) is 11.1 Å². The van der Waals surface area contributed by atoms with Gasteiger partial charge in [0.15, 0.2) is 0 Å². The number of rotatable bonds is 2. The van der Waals surface area contributed by atoms with E-state index in [1.54, 1.807) is 0 Å². The number of aliphatic hydroxyl groups is 1. The SMILES string of the molecule is C[C@H](O)CN1CCc2c(N)cccc2C1. The van der Waals surface area contributed by atoms with Crippen molar-refractivity contribution in [1.82, 2.24) is 4.90 Å². The Morgan fingerprint density at radius 2 is 2.33 bits per heavy atom. The summed E-state index contributed by atoms with van der Waals surface area (Å²) in [5.74, 6) is 0. The van der Waals surface area contributed by atoms with Gasteiger partial charge in [-0.1, -0.05) is 12.1 Å². The number of nitrogens with zero attached hydrogens (tertiary/aromatic N) is 1. The Kier molecular flexibility index (Phi) is 2.93. The van der Waals surface area contributed by atoms with Crippen molar-refractivity contribution in [3.63, 3.8) is 0 Å². The molecular formula is C12H18N2O. The molecule has 2 rings (SSSR count). The molecular weight excluding hydrogens is 188 g/mol. The summed E-state index contributed by atoms with van der Waals surface area (Å²) in [5.41, 5.74) is 9.43. The molecule has 1 heterocycles. The second kappa shape index (κ2) is 4.21. The highest BCUT2D eigenvalue weighted by Gasteiger charge is 2.18. The van der Waals surface area contributed by atoms with Gasteiger partial charge in [0, 0.05) is 25.3 Å². The lowest BCUT2D eigenvalue weighted by Crippen LogP contribution is -2.35. The van der Waals surface area contributed by atoms with E-state index >= 15 is 0 Å². The van der Waals surface area contributed by atoms with Crippen LogP contribution in [0.3, 0.4) is 0 Å². The summed E-state index contributed by atoms with van der Waals surface area (Å²) in [6.45, 7) is 4.47. The van der Waals surface area contributed by atoms with Gasteiger partial charge in [0.1, 0.15) is 0 Å². The second-order valence-corrected chi connectivity index (χ2v) is 4.32. The molecule has 1 aromatic carbocycles. The number of anilines is 1. The highest BCUT2D eigenvalue weighted by Crippen LogP contribution is 2.23. The molecule has 0 amide bonds. The monoisotopic (exact) mass is 206 g/mol. The maximum absolute atomic E-state index is 9.34. The molecule has 0 aliphatic carbocycles. The van der Waals surface area contributed by atoms with Crippen LogP contribution in [0.25, 0.3) is 0 Å². The molecule has 3 N–H and O–H groups in total. The third-order valence-electron chi connectivity index (χ3n) is 2.90. The summed E-state index contributed by atoms with van der Waals surface area (Å²) in [7, 11) is 0. The lowest BCUT2D eigenvalue weighted by Gasteiger charge is -2.30. The molecule has 1 atom stereocenters. The molecule has 15 heavy (non-hydrogen) atoms. The summed E-state index contributed by atoms with van der Waals surface area (Å²) in [4.78, 5) is 2.27. The van der Waals surface area contributed by atoms with Crippen LogP contribution in [-0.4, -0.2) is 29.2 Å². The Hall–Kier alpha value is -1.06. The van der Waals surface area contributed by atoms with E-state index in [1.807, 2.05) is 19.1 Å². The first kappa shape index (κ1) is 10.5. The normalized spacial score (nSPS) is 18.5. The van der Waals surface area contributed by atoms with Gasteiger partial charge in [-0.05, 0) is 30.5 Å². The van der Waals surface area contributed by atoms with Crippen LogP contribution in [-0.2, 0) is 13.0 Å². The fourth-order valence-corrected chi connectivity index (χ4v) is 2.23. The van der Waals surface area contributed by atoms with Crippen LogP contribution in [0.2, 0.25) is 0 Å². The first-order valence-electron chi connectivity index (χ1n) is 5.43. The molecule has 0 unspecified atom stereocenters. The number of fused-ring (bicyclic) bond motifs is 1. The molecule has 0 saturated heterocycles. The summed E-state index contributed by atoms with van der Waals surface area (Å²) >= 11 is 0. The zero-order chi connectivity index (χ0) is 10.8. The number of aliphatic hydroxyl groups excluding tert-OH is 1. The summed E-state index contributed by atoms with van der Waals surface area (Å²) in [6, 6.07) is 6.09. The van der Waals surface area contributed by atoms with Gasteiger partial charge in [0.2, 0.25) is 0 Å². The van der Waals surface area contributed by atoms with E-state index in [0.717, 1.165) is 31.7 Å². The Balaban J connectivity index is 2.13. The van der Waals surface area contributed by atoms with Gasteiger partial charge in [-0.15, -0.1) is 0 Å². The Morgan fingerprint density at radius 3 is 3.07 bits per heavy atom. The molecule has 3 nitrogen and oxygen atoms in total. The number of hydrogen-bond donors (Lipinski definition) is 2. The van der Waals surface area contributed by atoms with E-state index in [4.69, 9.17) is 5.73 Å². The maximum Gasteiger partial charge on any atom is 0.0639 e. The maximum atomic E-state index is 9.34. The summed E-state index contributed by atoms with van der Waals surface area (Å²) in [5, 5.41) is 9.34. The highest BCUT2D eigenvalue weighted by molar-refractivity contribution is 5.51. The van der Waals surface area contributed by atoms with E-state index in [-0.39, 0.29) is 6.10 Å². The average Bonchev–Trinajstić information content (AvgIpc) is 2.17. The van der Waals surface area contributed by atoms with Crippen molar-refractivity contribution in [3.05, 3.63) is 29.3 Å². The van der Waals surface area contributed by atoms with Crippen LogP contribution in [0.15, 0.2) is 18.2 Å². The topological polar surface area (TPSA) is 49.5 Å². The zero-order valence-corrected chi connectivity index (χ0v) is 9.11. The quantitative estimate of drug-likeness (QED) is 0.710. The fourth-order valence-electron chi connectivity index (χ4n) is 2.23. The van der Waals surface area contributed by atoms with Crippen molar-refractivity contribution < 1.29 is 5.11 Å². The molecule has 0 bridgehead atoms. The third kappa shape index (κ3) is 2.30.